The Morgan fingerprint density at radius 2 is 2.16 bits per heavy atom. The van der Waals surface area contributed by atoms with Crippen molar-refractivity contribution in [2.45, 2.75) is 6.10 Å². The average molecular weight is 277 g/mol. The quantitative estimate of drug-likeness (QED) is 0.667. The molecule has 1 heterocycles. The van der Waals surface area contributed by atoms with Crippen molar-refractivity contribution in [1.82, 2.24) is 10.2 Å². The summed E-state index contributed by atoms with van der Waals surface area (Å²) >= 11 is 1.63. The maximum Gasteiger partial charge on any atom is 0.193 e. The van der Waals surface area contributed by atoms with E-state index in [-0.39, 0.29) is 0 Å². The minimum absolute atomic E-state index is 0.456. The number of guanidine groups is 1. The molecule has 0 aliphatic carbocycles. The molecule has 19 heavy (non-hydrogen) atoms. The number of fused-ring (bicyclic) bond motifs is 1. The van der Waals surface area contributed by atoms with E-state index in [1.807, 2.05) is 37.2 Å². The summed E-state index contributed by atoms with van der Waals surface area (Å²) in [6, 6.07) is 10.2. The summed E-state index contributed by atoms with van der Waals surface area (Å²) in [4.78, 5) is 6.98. The zero-order valence-corrected chi connectivity index (χ0v) is 12.2. The fourth-order valence-electron chi connectivity index (χ4n) is 1.89. The van der Waals surface area contributed by atoms with Gasteiger partial charge in [0.05, 0.1) is 0 Å². The van der Waals surface area contributed by atoms with Crippen LogP contribution in [-0.2, 0) is 0 Å². The Morgan fingerprint density at radius 1 is 1.42 bits per heavy atom. The summed E-state index contributed by atoms with van der Waals surface area (Å²) < 4.78 is 1.20. The van der Waals surface area contributed by atoms with Gasteiger partial charge in [0, 0.05) is 37.3 Å². The predicted molar refractivity (Wildman–Crippen MR) is 81.8 cm³/mol. The van der Waals surface area contributed by atoms with E-state index in [9.17, 15) is 5.11 Å². The third-order valence-electron chi connectivity index (χ3n) is 2.86. The summed E-state index contributed by atoms with van der Waals surface area (Å²) in [7, 11) is 5.57. The molecule has 0 fully saturated rings. The second-order valence-electron chi connectivity index (χ2n) is 4.52. The summed E-state index contributed by atoms with van der Waals surface area (Å²) in [6.07, 6.45) is -0.519. The lowest BCUT2D eigenvalue weighted by Gasteiger charge is -2.18. The van der Waals surface area contributed by atoms with Gasteiger partial charge < -0.3 is 15.3 Å². The maximum atomic E-state index is 10.2. The molecule has 0 saturated heterocycles. The SMILES string of the molecule is CN=C(NCC(O)c1cc2ccccc2s1)N(C)C. The van der Waals surface area contributed by atoms with Gasteiger partial charge in [0.2, 0.25) is 0 Å². The van der Waals surface area contributed by atoms with E-state index in [2.05, 4.69) is 22.4 Å². The van der Waals surface area contributed by atoms with Crippen LogP contribution < -0.4 is 5.32 Å². The molecule has 0 spiro atoms. The normalized spacial score (nSPS) is 13.6. The van der Waals surface area contributed by atoms with Crippen LogP contribution in [0.2, 0.25) is 0 Å². The molecular formula is C14H19N3OS. The number of nitrogens with zero attached hydrogens (tertiary/aromatic N) is 2. The first-order valence-corrected chi connectivity index (χ1v) is 6.98. The van der Waals surface area contributed by atoms with Crippen molar-refractivity contribution in [2.24, 2.45) is 4.99 Å². The maximum absolute atomic E-state index is 10.2. The second-order valence-corrected chi connectivity index (χ2v) is 5.64. The van der Waals surface area contributed by atoms with Gasteiger partial charge in [0.1, 0.15) is 6.10 Å². The van der Waals surface area contributed by atoms with Gasteiger partial charge in [-0.15, -0.1) is 11.3 Å². The van der Waals surface area contributed by atoms with Crippen LogP contribution in [0.15, 0.2) is 35.3 Å². The van der Waals surface area contributed by atoms with E-state index < -0.39 is 6.10 Å². The molecule has 2 N–H and O–H groups in total. The molecule has 4 nitrogen and oxygen atoms in total. The molecule has 1 aromatic heterocycles. The molecule has 0 saturated carbocycles. The Bertz CT molecular complexity index is 544. The summed E-state index contributed by atoms with van der Waals surface area (Å²) in [6.45, 7) is 0.456. The van der Waals surface area contributed by atoms with Crippen molar-refractivity contribution < 1.29 is 5.11 Å². The highest BCUT2D eigenvalue weighted by atomic mass is 32.1. The number of aliphatic hydroxyl groups excluding tert-OH is 1. The molecule has 5 heteroatoms. The smallest absolute Gasteiger partial charge is 0.193 e. The van der Waals surface area contributed by atoms with Gasteiger partial charge in [-0.2, -0.15) is 0 Å². The molecule has 0 amide bonds. The van der Waals surface area contributed by atoms with Crippen LogP contribution in [0.25, 0.3) is 10.1 Å². The predicted octanol–water partition coefficient (Wildman–Crippen LogP) is 2.07. The van der Waals surface area contributed by atoms with Crippen molar-refractivity contribution in [2.75, 3.05) is 27.7 Å². The number of aliphatic hydroxyl groups is 1. The lowest BCUT2D eigenvalue weighted by molar-refractivity contribution is 0.184. The lowest BCUT2D eigenvalue weighted by Crippen LogP contribution is -2.38. The van der Waals surface area contributed by atoms with Crippen LogP contribution >= 0.6 is 11.3 Å². The van der Waals surface area contributed by atoms with Crippen LogP contribution in [0.1, 0.15) is 11.0 Å². The van der Waals surface area contributed by atoms with Crippen LogP contribution in [0.3, 0.4) is 0 Å². The molecule has 102 valence electrons. The first kappa shape index (κ1) is 13.8. The van der Waals surface area contributed by atoms with E-state index in [0.717, 1.165) is 10.8 Å². The second kappa shape index (κ2) is 6.04. The highest BCUT2D eigenvalue weighted by Gasteiger charge is 2.12. The molecule has 1 unspecified atom stereocenters. The van der Waals surface area contributed by atoms with Crippen molar-refractivity contribution in [3.05, 3.63) is 35.2 Å². The van der Waals surface area contributed by atoms with Gasteiger partial charge in [-0.3, -0.25) is 4.99 Å². The Kier molecular flexibility index (Phi) is 4.39. The minimum atomic E-state index is -0.519. The highest BCUT2D eigenvalue weighted by molar-refractivity contribution is 7.19. The number of hydrogen-bond donors (Lipinski definition) is 2. The van der Waals surface area contributed by atoms with E-state index in [4.69, 9.17) is 0 Å². The van der Waals surface area contributed by atoms with Crippen LogP contribution in [0, 0.1) is 0 Å². The van der Waals surface area contributed by atoms with Crippen LogP contribution in [0.5, 0.6) is 0 Å². The Labute approximate surface area is 117 Å². The summed E-state index contributed by atoms with van der Waals surface area (Å²) in [5, 5.41) is 14.5. The molecule has 1 atom stereocenters. The molecule has 0 radical (unpaired) electrons. The van der Waals surface area contributed by atoms with Gasteiger partial charge in [0.25, 0.3) is 0 Å². The molecular weight excluding hydrogens is 258 g/mol. The molecule has 1 aromatic carbocycles. The van der Waals surface area contributed by atoms with E-state index in [1.54, 1.807) is 18.4 Å². The topological polar surface area (TPSA) is 47.9 Å². The average Bonchev–Trinajstić information content (AvgIpc) is 2.82. The first-order chi connectivity index (χ1) is 9.11. The van der Waals surface area contributed by atoms with E-state index >= 15 is 0 Å². The van der Waals surface area contributed by atoms with Crippen molar-refractivity contribution in [3.63, 3.8) is 0 Å². The highest BCUT2D eigenvalue weighted by Crippen LogP contribution is 2.29. The minimum Gasteiger partial charge on any atom is -0.386 e. The third-order valence-corrected chi connectivity index (χ3v) is 4.08. The van der Waals surface area contributed by atoms with Crippen molar-refractivity contribution in [3.8, 4) is 0 Å². The van der Waals surface area contributed by atoms with Crippen molar-refractivity contribution >= 4 is 27.4 Å². The fraction of sp³-hybridized carbons (Fsp3) is 0.357. The molecule has 2 aromatic rings. The van der Waals surface area contributed by atoms with Crippen molar-refractivity contribution in [1.29, 1.82) is 0 Å². The zero-order chi connectivity index (χ0) is 13.8. The number of aliphatic imine (C=N–C) groups is 1. The van der Waals surface area contributed by atoms with Gasteiger partial charge in [-0.25, -0.2) is 0 Å². The first-order valence-electron chi connectivity index (χ1n) is 6.16. The Balaban J connectivity index is 2.05. The molecule has 0 aliphatic rings. The molecule has 0 bridgehead atoms. The standard InChI is InChI=1S/C14H19N3OS/c1-15-14(17(2)3)16-9-11(18)13-8-10-6-4-5-7-12(10)19-13/h4-8,11,18H,9H2,1-3H3,(H,15,16). The monoisotopic (exact) mass is 277 g/mol. The van der Waals surface area contributed by atoms with Crippen LogP contribution in [0.4, 0.5) is 0 Å². The molecule has 0 aliphatic heterocycles. The molecule has 2 rings (SSSR count). The van der Waals surface area contributed by atoms with Gasteiger partial charge >= 0.3 is 0 Å². The fourth-order valence-corrected chi connectivity index (χ4v) is 2.94. The van der Waals surface area contributed by atoms with Gasteiger partial charge in [-0.1, -0.05) is 18.2 Å². The van der Waals surface area contributed by atoms with Crippen LogP contribution in [-0.4, -0.2) is 43.7 Å². The van der Waals surface area contributed by atoms with Gasteiger partial charge in [0.15, 0.2) is 5.96 Å². The summed E-state index contributed by atoms with van der Waals surface area (Å²) in [5.41, 5.74) is 0. The van der Waals surface area contributed by atoms with E-state index in [1.165, 1.54) is 10.1 Å². The number of benzene rings is 1. The zero-order valence-electron chi connectivity index (χ0n) is 11.4. The Hall–Kier alpha value is -1.59. The van der Waals surface area contributed by atoms with Gasteiger partial charge in [-0.05, 0) is 17.5 Å². The third kappa shape index (κ3) is 3.24. The number of hydrogen-bond acceptors (Lipinski definition) is 3. The summed E-state index contributed by atoms with van der Waals surface area (Å²) in [5.74, 6) is 0.764. The number of rotatable bonds is 3. The lowest BCUT2D eigenvalue weighted by atomic mass is 10.2. The Morgan fingerprint density at radius 3 is 2.79 bits per heavy atom. The van der Waals surface area contributed by atoms with E-state index in [0.29, 0.717) is 6.54 Å². The number of thiophene rings is 1. The largest absolute Gasteiger partial charge is 0.386 e. The number of nitrogens with one attached hydrogen (secondary N) is 1.